The predicted octanol–water partition coefficient (Wildman–Crippen LogP) is 0.721. The van der Waals surface area contributed by atoms with Crippen LogP contribution >= 0.6 is 0 Å². The third-order valence-electron chi connectivity index (χ3n) is 3.15. The zero-order chi connectivity index (χ0) is 10.7. The lowest BCUT2D eigenvalue weighted by atomic mass is 9.98. The van der Waals surface area contributed by atoms with Crippen molar-refractivity contribution >= 4 is 0 Å². The van der Waals surface area contributed by atoms with E-state index in [4.69, 9.17) is 5.73 Å². The maximum Gasteiger partial charge on any atom is 0.0473 e. The second-order valence-electron chi connectivity index (χ2n) is 4.10. The minimum Gasteiger partial charge on any atom is -0.326 e. The van der Waals surface area contributed by atoms with E-state index in [1.54, 1.807) is 0 Å². The monoisotopic (exact) mass is 205 g/mol. The molecule has 3 heteroatoms. The van der Waals surface area contributed by atoms with Gasteiger partial charge in [0.25, 0.3) is 0 Å². The Morgan fingerprint density at radius 1 is 1.47 bits per heavy atom. The van der Waals surface area contributed by atoms with Gasteiger partial charge in [-0.1, -0.05) is 24.3 Å². The maximum absolute atomic E-state index is 5.76. The van der Waals surface area contributed by atoms with Crippen LogP contribution in [-0.4, -0.2) is 31.6 Å². The van der Waals surface area contributed by atoms with Gasteiger partial charge in [0.1, 0.15) is 0 Å². The summed E-state index contributed by atoms with van der Waals surface area (Å²) in [7, 11) is 2.18. The second kappa shape index (κ2) is 4.75. The van der Waals surface area contributed by atoms with Gasteiger partial charge in [0.2, 0.25) is 0 Å². The van der Waals surface area contributed by atoms with Crippen molar-refractivity contribution in [2.45, 2.75) is 12.6 Å². The number of hydrogen-bond donors (Lipinski definition) is 2. The van der Waals surface area contributed by atoms with Crippen LogP contribution in [0.5, 0.6) is 0 Å². The second-order valence-corrected chi connectivity index (χ2v) is 4.10. The van der Waals surface area contributed by atoms with Gasteiger partial charge in [-0.25, -0.2) is 0 Å². The summed E-state index contributed by atoms with van der Waals surface area (Å²) in [4.78, 5) is 2.39. The van der Waals surface area contributed by atoms with Crippen molar-refractivity contribution in [1.29, 1.82) is 0 Å². The zero-order valence-corrected chi connectivity index (χ0v) is 9.24. The highest BCUT2D eigenvalue weighted by Crippen LogP contribution is 2.23. The molecule has 0 radical (unpaired) electrons. The molecule has 15 heavy (non-hydrogen) atoms. The Labute approximate surface area is 91.3 Å². The van der Waals surface area contributed by atoms with Gasteiger partial charge in [-0.3, -0.25) is 4.90 Å². The number of nitrogens with one attached hydrogen (secondary N) is 1. The summed E-state index contributed by atoms with van der Waals surface area (Å²) in [6, 6.07) is 8.94. The fraction of sp³-hybridized carbons (Fsp3) is 0.500. The van der Waals surface area contributed by atoms with Crippen LogP contribution in [-0.2, 0) is 6.54 Å². The fourth-order valence-corrected chi connectivity index (χ4v) is 2.20. The van der Waals surface area contributed by atoms with Crippen LogP contribution in [0.2, 0.25) is 0 Å². The molecule has 82 valence electrons. The zero-order valence-electron chi connectivity index (χ0n) is 9.24. The summed E-state index contributed by atoms with van der Waals surface area (Å²) >= 11 is 0. The first-order valence-electron chi connectivity index (χ1n) is 5.51. The van der Waals surface area contributed by atoms with E-state index < -0.39 is 0 Å². The number of nitrogens with two attached hydrogens (primary N) is 1. The van der Waals surface area contributed by atoms with E-state index in [1.807, 2.05) is 0 Å². The van der Waals surface area contributed by atoms with Crippen LogP contribution in [0.3, 0.4) is 0 Å². The van der Waals surface area contributed by atoms with Crippen molar-refractivity contribution < 1.29 is 0 Å². The molecule has 0 spiro atoms. The van der Waals surface area contributed by atoms with Crippen molar-refractivity contribution in [3.05, 3.63) is 35.4 Å². The molecular formula is C12H19N3. The predicted molar refractivity (Wildman–Crippen MR) is 62.6 cm³/mol. The summed E-state index contributed by atoms with van der Waals surface area (Å²) in [5.41, 5.74) is 8.40. The minimum absolute atomic E-state index is 0.471. The van der Waals surface area contributed by atoms with Gasteiger partial charge in [-0.15, -0.1) is 0 Å². The lowest BCUT2D eigenvalue weighted by Crippen LogP contribution is -2.44. The molecule has 0 amide bonds. The minimum atomic E-state index is 0.471. The molecule has 0 saturated carbocycles. The maximum atomic E-state index is 5.76. The van der Waals surface area contributed by atoms with Crippen LogP contribution in [0.4, 0.5) is 0 Å². The Bertz CT molecular complexity index is 324. The van der Waals surface area contributed by atoms with E-state index in [9.17, 15) is 0 Å². The van der Waals surface area contributed by atoms with Crippen molar-refractivity contribution in [1.82, 2.24) is 10.2 Å². The summed E-state index contributed by atoms with van der Waals surface area (Å²) in [6.07, 6.45) is 0. The van der Waals surface area contributed by atoms with E-state index in [-0.39, 0.29) is 0 Å². The number of nitrogens with zero attached hydrogens (tertiary/aromatic N) is 1. The van der Waals surface area contributed by atoms with Crippen molar-refractivity contribution in [3.8, 4) is 0 Å². The molecule has 1 atom stereocenters. The topological polar surface area (TPSA) is 41.3 Å². The Morgan fingerprint density at radius 2 is 2.27 bits per heavy atom. The van der Waals surface area contributed by atoms with Gasteiger partial charge in [0.15, 0.2) is 0 Å². The number of rotatable bonds is 2. The number of likely N-dealkylation sites (N-methyl/N-ethyl adjacent to an activating group) is 1. The first-order valence-corrected chi connectivity index (χ1v) is 5.51. The molecule has 1 saturated heterocycles. The molecule has 1 aromatic carbocycles. The average Bonchev–Trinajstić information content (AvgIpc) is 2.30. The number of hydrogen-bond acceptors (Lipinski definition) is 3. The van der Waals surface area contributed by atoms with E-state index in [1.165, 1.54) is 11.1 Å². The molecule has 1 heterocycles. The van der Waals surface area contributed by atoms with Crippen LogP contribution in [0, 0.1) is 0 Å². The molecule has 1 aliphatic heterocycles. The van der Waals surface area contributed by atoms with Crippen LogP contribution < -0.4 is 11.1 Å². The van der Waals surface area contributed by atoms with Crippen LogP contribution in [0.1, 0.15) is 17.2 Å². The van der Waals surface area contributed by atoms with E-state index in [2.05, 4.69) is 41.5 Å². The Hall–Kier alpha value is -0.900. The largest absolute Gasteiger partial charge is 0.326 e. The normalized spacial score (nSPS) is 22.9. The number of piperazine rings is 1. The lowest BCUT2D eigenvalue weighted by Gasteiger charge is -2.34. The Morgan fingerprint density at radius 3 is 3.00 bits per heavy atom. The SMILES string of the molecule is CN1CCNCC1c1ccccc1CN. The van der Waals surface area contributed by atoms with Crippen LogP contribution in [0.25, 0.3) is 0 Å². The molecule has 2 rings (SSSR count). The van der Waals surface area contributed by atoms with Gasteiger partial charge in [0.05, 0.1) is 0 Å². The molecule has 1 fully saturated rings. The Kier molecular flexibility index (Phi) is 3.36. The molecule has 1 unspecified atom stereocenters. The van der Waals surface area contributed by atoms with Crippen molar-refractivity contribution in [2.75, 3.05) is 26.7 Å². The molecule has 0 aliphatic carbocycles. The molecule has 1 aliphatic rings. The standard InChI is InChI=1S/C12H19N3/c1-15-7-6-14-9-12(15)11-5-3-2-4-10(11)8-13/h2-5,12,14H,6-9,13H2,1H3. The summed E-state index contributed by atoms with van der Waals surface area (Å²) < 4.78 is 0. The third kappa shape index (κ3) is 2.20. The Balaban J connectivity index is 2.26. The first-order chi connectivity index (χ1) is 7.33. The summed E-state index contributed by atoms with van der Waals surface area (Å²) in [6.45, 7) is 3.83. The van der Waals surface area contributed by atoms with Gasteiger partial charge in [-0.05, 0) is 18.2 Å². The van der Waals surface area contributed by atoms with E-state index in [0.717, 1.165) is 19.6 Å². The molecule has 3 nitrogen and oxygen atoms in total. The first kappa shape index (κ1) is 10.6. The highest BCUT2D eigenvalue weighted by Gasteiger charge is 2.21. The molecule has 0 bridgehead atoms. The van der Waals surface area contributed by atoms with Crippen molar-refractivity contribution in [3.63, 3.8) is 0 Å². The fourth-order valence-electron chi connectivity index (χ4n) is 2.20. The van der Waals surface area contributed by atoms with Gasteiger partial charge < -0.3 is 11.1 Å². The highest BCUT2D eigenvalue weighted by atomic mass is 15.2. The molecular weight excluding hydrogens is 186 g/mol. The average molecular weight is 205 g/mol. The smallest absolute Gasteiger partial charge is 0.0473 e. The lowest BCUT2D eigenvalue weighted by molar-refractivity contribution is 0.201. The molecule has 3 N–H and O–H groups in total. The quantitative estimate of drug-likeness (QED) is 0.747. The van der Waals surface area contributed by atoms with Crippen LogP contribution in [0.15, 0.2) is 24.3 Å². The van der Waals surface area contributed by atoms with Gasteiger partial charge >= 0.3 is 0 Å². The van der Waals surface area contributed by atoms with Gasteiger partial charge in [0, 0.05) is 32.2 Å². The summed E-state index contributed by atoms with van der Waals surface area (Å²) in [5, 5.41) is 3.43. The molecule has 0 aromatic heterocycles. The number of benzene rings is 1. The van der Waals surface area contributed by atoms with E-state index >= 15 is 0 Å². The van der Waals surface area contributed by atoms with Gasteiger partial charge in [-0.2, -0.15) is 0 Å². The highest BCUT2D eigenvalue weighted by molar-refractivity contribution is 5.30. The third-order valence-corrected chi connectivity index (χ3v) is 3.15. The van der Waals surface area contributed by atoms with Crippen molar-refractivity contribution in [2.24, 2.45) is 5.73 Å². The summed E-state index contributed by atoms with van der Waals surface area (Å²) in [5.74, 6) is 0. The molecule has 1 aromatic rings. The van der Waals surface area contributed by atoms with E-state index in [0.29, 0.717) is 12.6 Å².